The van der Waals surface area contributed by atoms with Gasteiger partial charge >= 0.3 is 0 Å². The summed E-state index contributed by atoms with van der Waals surface area (Å²) in [5, 5.41) is 1.33. The predicted octanol–water partition coefficient (Wildman–Crippen LogP) is 1.48. The lowest BCUT2D eigenvalue weighted by Gasteiger charge is -2.00. The van der Waals surface area contributed by atoms with Gasteiger partial charge in [0.1, 0.15) is 7.05 Å². The first-order chi connectivity index (χ1) is 8.89. The van der Waals surface area contributed by atoms with Crippen LogP contribution in [-0.2, 0) is 21.6 Å². The molecule has 0 spiro atoms. The molecule has 0 amide bonds. The van der Waals surface area contributed by atoms with E-state index in [0.29, 0.717) is 0 Å². The molecule has 0 fully saturated rings. The number of fused-ring (bicyclic) bond motifs is 1. The number of aromatic nitrogens is 1. The molecule has 0 saturated carbocycles. The van der Waals surface area contributed by atoms with E-state index in [0.717, 1.165) is 7.11 Å². The van der Waals surface area contributed by atoms with Gasteiger partial charge in [-0.05, 0) is 12.3 Å². The maximum atomic E-state index is 9.22. The summed E-state index contributed by atoms with van der Waals surface area (Å²) in [5.41, 5.74) is 1.29. The van der Waals surface area contributed by atoms with Gasteiger partial charge in [-0.15, -0.1) is 11.8 Å². The molecule has 0 atom stereocenters. The van der Waals surface area contributed by atoms with E-state index in [9.17, 15) is 13.0 Å². The highest BCUT2D eigenvalue weighted by Gasteiger charge is 2.06. The number of thioether (sulfide) groups is 1. The number of pyridine rings is 1. The van der Waals surface area contributed by atoms with Crippen LogP contribution in [0.4, 0.5) is 0 Å². The minimum Gasteiger partial charge on any atom is -0.726 e. The average molecular weight is 301 g/mol. The molecule has 1 aromatic carbocycles. The molecule has 104 valence electrons. The van der Waals surface area contributed by atoms with Crippen LogP contribution < -0.4 is 4.57 Å². The Kier molecular flexibility index (Phi) is 5.74. The van der Waals surface area contributed by atoms with Crippen molar-refractivity contribution < 1.29 is 21.7 Å². The zero-order valence-corrected chi connectivity index (χ0v) is 12.5. The molecule has 2 rings (SSSR count). The first-order valence-electron chi connectivity index (χ1n) is 5.32. The predicted molar refractivity (Wildman–Crippen MR) is 73.6 cm³/mol. The number of rotatable bonds is 2. The Labute approximate surface area is 117 Å². The number of hydrogen-bond acceptors (Lipinski definition) is 5. The van der Waals surface area contributed by atoms with E-state index in [1.54, 1.807) is 11.8 Å². The molecule has 5 nitrogen and oxygen atoms in total. The fourth-order valence-electron chi connectivity index (χ4n) is 1.52. The Morgan fingerprint density at radius 3 is 2.37 bits per heavy atom. The van der Waals surface area contributed by atoms with Crippen molar-refractivity contribution in [2.75, 3.05) is 13.4 Å². The molecule has 7 heteroatoms. The van der Waals surface area contributed by atoms with E-state index in [1.807, 2.05) is 0 Å². The molecule has 0 radical (unpaired) electrons. The zero-order valence-electron chi connectivity index (χ0n) is 10.9. The van der Waals surface area contributed by atoms with Gasteiger partial charge in [0, 0.05) is 17.0 Å². The van der Waals surface area contributed by atoms with Gasteiger partial charge in [0.15, 0.2) is 6.20 Å². The van der Waals surface area contributed by atoms with Crippen molar-refractivity contribution in [3.05, 3.63) is 36.5 Å². The Balaban J connectivity index is 0.000000258. The molecule has 0 unspecified atom stereocenters. The van der Waals surface area contributed by atoms with Crippen LogP contribution in [0.1, 0.15) is 0 Å². The van der Waals surface area contributed by atoms with Crippen LogP contribution in [0.2, 0.25) is 0 Å². The third-order valence-corrected chi connectivity index (χ3v) is 3.63. The van der Waals surface area contributed by atoms with Crippen LogP contribution >= 0.6 is 11.8 Å². The number of nitrogens with zero attached hydrogens (tertiary/aromatic N) is 1. The summed E-state index contributed by atoms with van der Waals surface area (Å²) < 4.78 is 33.2. The lowest BCUT2D eigenvalue weighted by Crippen LogP contribution is -2.28. The fraction of sp³-hybridized carbons (Fsp3) is 0.250. The molecule has 0 N–H and O–H groups in total. The fourth-order valence-corrected chi connectivity index (χ4v) is 2.11. The summed E-state index contributed by atoms with van der Waals surface area (Å²) >= 11 is 1.79. The number of para-hydroxylation sites is 1. The summed E-state index contributed by atoms with van der Waals surface area (Å²) in [5.74, 6) is 0. The third kappa shape index (κ3) is 4.79. The maximum Gasteiger partial charge on any atom is 0.217 e. The van der Waals surface area contributed by atoms with Crippen LogP contribution in [0.25, 0.3) is 10.9 Å². The first-order valence-corrected chi connectivity index (χ1v) is 7.87. The number of benzene rings is 1. The van der Waals surface area contributed by atoms with E-state index < -0.39 is 10.4 Å². The molecule has 0 aliphatic carbocycles. The van der Waals surface area contributed by atoms with Crippen LogP contribution in [0, 0.1) is 0 Å². The highest BCUT2D eigenvalue weighted by atomic mass is 32.3. The molecule has 2 aromatic rings. The molecule has 0 saturated heterocycles. The van der Waals surface area contributed by atoms with E-state index in [4.69, 9.17) is 0 Å². The molecular weight excluding hydrogens is 286 g/mol. The van der Waals surface area contributed by atoms with Crippen molar-refractivity contribution in [3.63, 3.8) is 0 Å². The number of aryl methyl sites for hydroxylation is 1. The third-order valence-electron chi connectivity index (χ3n) is 2.42. The van der Waals surface area contributed by atoms with Gasteiger partial charge < -0.3 is 4.55 Å². The van der Waals surface area contributed by atoms with Gasteiger partial charge in [-0.2, -0.15) is 0 Å². The van der Waals surface area contributed by atoms with Crippen molar-refractivity contribution >= 4 is 33.1 Å². The maximum absolute atomic E-state index is 9.22. The van der Waals surface area contributed by atoms with Crippen molar-refractivity contribution in [2.45, 2.75) is 4.90 Å². The van der Waals surface area contributed by atoms with Gasteiger partial charge in [-0.1, -0.05) is 12.1 Å². The molecular formula is C12H15NO4S2. The van der Waals surface area contributed by atoms with Crippen LogP contribution in [0.5, 0.6) is 0 Å². The zero-order chi connectivity index (χ0) is 14.5. The van der Waals surface area contributed by atoms with Gasteiger partial charge in [0.2, 0.25) is 15.9 Å². The summed E-state index contributed by atoms with van der Waals surface area (Å²) in [6, 6.07) is 10.6. The second-order valence-electron chi connectivity index (χ2n) is 3.59. The molecule has 0 aliphatic rings. The van der Waals surface area contributed by atoms with Crippen molar-refractivity contribution in [3.8, 4) is 0 Å². The van der Waals surface area contributed by atoms with Crippen molar-refractivity contribution in [1.29, 1.82) is 0 Å². The van der Waals surface area contributed by atoms with Gasteiger partial charge in [-0.3, -0.25) is 4.18 Å². The minimum absolute atomic E-state index is 0.808. The summed E-state index contributed by atoms with van der Waals surface area (Å²) in [6.07, 6.45) is 4.22. The van der Waals surface area contributed by atoms with Crippen molar-refractivity contribution in [1.82, 2.24) is 0 Å². The topological polar surface area (TPSA) is 70.3 Å². The van der Waals surface area contributed by atoms with E-state index >= 15 is 0 Å². The normalized spacial score (nSPS) is 10.9. The lowest BCUT2D eigenvalue weighted by atomic mass is 10.2. The minimum atomic E-state index is -4.41. The first kappa shape index (κ1) is 15.9. The SMILES string of the molecule is COS(=O)(=O)[O-].CSc1cc[n+](C)c2ccccc12. The van der Waals surface area contributed by atoms with Crippen LogP contribution in [0.15, 0.2) is 41.4 Å². The molecule has 1 heterocycles. The highest BCUT2D eigenvalue weighted by Crippen LogP contribution is 2.22. The Bertz CT molecular complexity index is 656. The lowest BCUT2D eigenvalue weighted by molar-refractivity contribution is -0.645. The van der Waals surface area contributed by atoms with Gasteiger partial charge in [-0.25, -0.2) is 13.0 Å². The quantitative estimate of drug-likeness (QED) is 0.364. The van der Waals surface area contributed by atoms with Crippen molar-refractivity contribution in [2.24, 2.45) is 7.05 Å². The van der Waals surface area contributed by atoms with E-state index in [-0.39, 0.29) is 0 Å². The smallest absolute Gasteiger partial charge is 0.217 e. The Morgan fingerprint density at radius 1 is 1.26 bits per heavy atom. The van der Waals surface area contributed by atoms with Gasteiger partial charge in [0.05, 0.1) is 12.5 Å². The highest BCUT2D eigenvalue weighted by molar-refractivity contribution is 7.98. The molecule has 1 aromatic heterocycles. The molecule has 19 heavy (non-hydrogen) atoms. The Morgan fingerprint density at radius 2 is 1.84 bits per heavy atom. The standard InChI is InChI=1S/C11H12NS.CH4O4S/c1-12-8-7-11(13-2)9-5-3-4-6-10(9)12;1-5-6(2,3)4/h3-8H,1-2H3;1H3,(H,2,3,4)/q+1;/p-1. The van der Waals surface area contributed by atoms with E-state index in [1.165, 1.54) is 15.8 Å². The summed E-state index contributed by atoms with van der Waals surface area (Å²) in [7, 11) is -1.53. The molecule has 0 bridgehead atoms. The van der Waals surface area contributed by atoms with Crippen LogP contribution in [0.3, 0.4) is 0 Å². The van der Waals surface area contributed by atoms with E-state index in [2.05, 4.69) is 58.6 Å². The summed E-state index contributed by atoms with van der Waals surface area (Å²) in [4.78, 5) is 1.34. The monoisotopic (exact) mass is 301 g/mol. The molecule has 0 aliphatic heterocycles. The second-order valence-corrected chi connectivity index (χ2v) is 5.58. The second kappa shape index (κ2) is 6.85. The number of hydrogen-bond donors (Lipinski definition) is 0. The van der Waals surface area contributed by atoms with Crippen LogP contribution in [-0.4, -0.2) is 26.3 Å². The van der Waals surface area contributed by atoms with Gasteiger partial charge in [0.25, 0.3) is 0 Å². The Hall–Kier alpha value is -1.15. The summed E-state index contributed by atoms with van der Waals surface area (Å²) in [6.45, 7) is 0. The average Bonchev–Trinajstić information content (AvgIpc) is 2.39. The largest absolute Gasteiger partial charge is 0.726 e.